The maximum atomic E-state index is 2.36. The van der Waals surface area contributed by atoms with Gasteiger partial charge in [0.1, 0.15) is 0 Å². The van der Waals surface area contributed by atoms with Gasteiger partial charge in [-0.15, -0.1) is 0 Å². The number of rotatable bonds is 0. The van der Waals surface area contributed by atoms with Crippen LogP contribution in [0, 0.1) is 0 Å². The van der Waals surface area contributed by atoms with Crippen LogP contribution in [0.2, 0.25) is 0 Å². The highest BCUT2D eigenvalue weighted by atomic mass is 14.3. The topological polar surface area (TPSA) is 0 Å². The molecule has 0 aromatic heterocycles. The third kappa shape index (κ3) is 1.66. The standard InChI is InChI=1S/C25H16/c1-2-8-17-16(7-1)15-24-18(17)11-5-12-20(24)23-14-6-13-22-19-9-3-4-10-21(19)25(22)23/h1-13,15H,14H2. The van der Waals surface area contributed by atoms with Crippen LogP contribution in [0.5, 0.6) is 0 Å². The van der Waals surface area contributed by atoms with Gasteiger partial charge in [0.05, 0.1) is 0 Å². The van der Waals surface area contributed by atoms with E-state index in [1.54, 1.807) is 0 Å². The van der Waals surface area contributed by atoms with E-state index < -0.39 is 0 Å². The Morgan fingerprint density at radius 3 is 2.32 bits per heavy atom. The molecule has 0 amide bonds. The third-order valence-electron chi connectivity index (χ3n) is 5.65. The Morgan fingerprint density at radius 2 is 1.40 bits per heavy atom. The van der Waals surface area contributed by atoms with E-state index in [1.165, 1.54) is 55.0 Å². The largest absolute Gasteiger partial charge is 0.0795 e. The Kier molecular flexibility index (Phi) is 2.48. The highest BCUT2D eigenvalue weighted by Gasteiger charge is 2.28. The molecule has 3 aromatic rings. The zero-order valence-corrected chi connectivity index (χ0v) is 13.8. The van der Waals surface area contributed by atoms with Crippen molar-refractivity contribution in [3.63, 3.8) is 0 Å². The highest BCUT2D eigenvalue weighted by molar-refractivity contribution is 6.22. The molecule has 0 unspecified atom stereocenters. The van der Waals surface area contributed by atoms with E-state index in [2.05, 4.69) is 85.0 Å². The van der Waals surface area contributed by atoms with Gasteiger partial charge in [-0.3, -0.25) is 0 Å². The summed E-state index contributed by atoms with van der Waals surface area (Å²) < 4.78 is 0. The van der Waals surface area contributed by atoms with Gasteiger partial charge in [-0.1, -0.05) is 78.9 Å². The molecule has 0 radical (unpaired) electrons. The van der Waals surface area contributed by atoms with E-state index in [0.29, 0.717) is 0 Å². The number of allylic oxidation sites excluding steroid dienone is 4. The lowest BCUT2D eigenvalue weighted by Crippen LogP contribution is -2.29. The number of hydrogen-bond donors (Lipinski definition) is 0. The number of benzene rings is 3. The molecule has 0 fully saturated rings. The minimum atomic E-state index is 1.01. The smallest absolute Gasteiger partial charge is 0.00576 e. The van der Waals surface area contributed by atoms with E-state index in [-0.39, 0.29) is 0 Å². The molecule has 0 N–H and O–H groups in total. The molecule has 3 aromatic carbocycles. The molecule has 25 heavy (non-hydrogen) atoms. The lowest BCUT2D eigenvalue weighted by Gasteiger charge is -2.30. The first kappa shape index (κ1) is 13.2. The first-order valence-electron chi connectivity index (χ1n) is 8.86. The zero-order valence-electron chi connectivity index (χ0n) is 13.8. The summed E-state index contributed by atoms with van der Waals surface area (Å²) >= 11 is 0. The minimum Gasteiger partial charge on any atom is -0.0795 e. The molecule has 0 saturated carbocycles. The fourth-order valence-corrected chi connectivity index (χ4v) is 4.54. The molecule has 0 atom stereocenters. The molecule has 0 nitrogen and oxygen atoms in total. The Morgan fingerprint density at radius 1 is 0.640 bits per heavy atom. The summed E-state index contributed by atoms with van der Waals surface area (Å²) in [4.78, 5) is 0. The van der Waals surface area contributed by atoms with Crippen LogP contribution in [0.25, 0.3) is 33.9 Å². The average Bonchev–Trinajstić information content (AvgIpc) is 3.04. The lowest BCUT2D eigenvalue weighted by atomic mass is 9.73. The first-order chi connectivity index (χ1) is 12.4. The molecular formula is C25H16. The van der Waals surface area contributed by atoms with E-state index in [0.717, 1.165) is 6.42 Å². The SMILES string of the molecule is C1=CC2=C(C(=c3cccc4c3=Cc3ccccc3-4)C1)c1ccccc12. The molecule has 0 heteroatoms. The highest BCUT2D eigenvalue weighted by Crippen LogP contribution is 2.48. The van der Waals surface area contributed by atoms with Crippen LogP contribution in [0.3, 0.4) is 0 Å². The second-order valence-corrected chi connectivity index (χ2v) is 6.92. The normalized spacial score (nSPS) is 17.9. The van der Waals surface area contributed by atoms with Gasteiger partial charge in [-0.25, -0.2) is 0 Å². The molecule has 0 heterocycles. The summed E-state index contributed by atoms with van der Waals surface area (Å²) in [6.07, 6.45) is 7.97. The molecule has 116 valence electrons. The van der Waals surface area contributed by atoms with Gasteiger partial charge >= 0.3 is 0 Å². The predicted octanol–water partition coefficient (Wildman–Crippen LogP) is 4.53. The third-order valence-corrected chi connectivity index (χ3v) is 5.65. The quantitative estimate of drug-likeness (QED) is 0.447. The Balaban J connectivity index is 1.69. The van der Waals surface area contributed by atoms with Gasteiger partial charge in [0.15, 0.2) is 0 Å². The zero-order chi connectivity index (χ0) is 16.4. The van der Waals surface area contributed by atoms with Crippen LogP contribution >= 0.6 is 0 Å². The van der Waals surface area contributed by atoms with Gasteiger partial charge in [0.2, 0.25) is 0 Å². The molecular weight excluding hydrogens is 300 g/mol. The van der Waals surface area contributed by atoms with Gasteiger partial charge in [-0.2, -0.15) is 0 Å². The fraction of sp³-hybridized carbons (Fsp3) is 0.0400. The van der Waals surface area contributed by atoms with Crippen molar-refractivity contribution in [1.29, 1.82) is 0 Å². The molecule has 3 aliphatic carbocycles. The van der Waals surface area contributed by atoms with Crippen molar-refractivity contribution in [1.82, 2.24) is 0 Å². The van der Waals surface area contributed by atoms with Crippen LogP contribution in [0.4, 0.5) is 0 Å². The predicted molar refractivity (Wildman–Crippen MR) is 105 cm³/mol. The van der Waals surface area contributed by atoms with Gasteiger partial charge in [-0.05, 0) is 67.5 Å². The van der Waals surface area contributed by atoms with Crippen molar-refractivity contribution in [2.45, 2.75) is 6.42 Å². The van der Waals surface area contributed by atoms with E-state index in [4.69, 9.17) is 0 Å². The van der Waals surface area contributed by atoms with Crippen LogP contribution in [-0.4, -0.2) is 0 Å². The van der Waals surface area contributed by atoms with Crippen molar-refractivity contribution < 1.29 is 0 Å². The Labute approximate surface area is 146 Å². The first-order valence-corrected chi connectivity index (χ1v) is 8.86. The summed E-state index contributed by atoms with van der Waals surface area (Å²) in [5, 5.41) is 2.77. The molecule has 0 saturated heterocycles. The summed E-state index contributed by atoms with van der Waals surface area (Å²) in [6, 6.07) is 24.2. The van der Waals surface area contributed by atoms with Gasteiger partial charge in [0.25, 0.3) is 0 Å². The fourth-order valence-electron chi connectivity index (χ4n) is 4.54. The minimum absolute atomic E-state index is 1.01. The number of fused-ring (bicyclic) bond motifs is 6. The Hall–Kier alpha value is -3.12. The maximum Gasteiger partial charge on any atom is -0.00576 e. The average molecular weight is 316 g/mol. The maximum absolute atomic E-state index is 2.36. The second-order valence-electron chi connectivity index (χ2n) is 6.92. The van der Waals surface area contributed by atoms with E-state index in [1.807, 2.05) is 0 Å². The van der Waals surface area contributed by atoms with Crippen LogP contribution in [0.15, 0.2) is 78.9 Å². The van der Waals surface area contributed by atoms with Gasteiger partial charge in [0, 0.05) is 0 Å². The summed E-state index contributed by atoms with van der Waals surface area (Å²) in [5.41, 5.74) is 11.2. The summed E-state index contributed by atoms with van der Waals surface area (Å²) in [5.74, 6) is 0. The number of hydrogen-bond acceptors (Lipinski definition) is 0. The van der Waals surface area contributed by atoms with E-state index in [9.17, 15) is 0 Å². The molecule has 0 aliphatic heterocycles. The van der Waals surface area contributed by atoms with E-state index >= 15 is 0 Å². The van der Waals surface area contributed by atoms with Gasteiger partial charge < -0.3 is 0 Å². The van der Waals surface area contributed by atoms with Crippen molar-refractivity contribution in [2.75, 3.05) is 0 Å². The summed E-state index contributed by atoms with van der Waals surface area (Å²) in [7, 11) is 0. The molecule has 0 spiro atoms. The summed E-state index contributed by atoms with van der Waals surface area (Å²) in [6.45, 7) is 0. The van der Waals surface area contributed by atoms with Crippen LogP contribution in [0.1, 0.15) is 23.1 Å². The van der Waals surface area contributed by atoms with Crippen molar-refractivity contribution in [3.05, 3.63) is 106 Å². The van der Waals surface area contributed by atoms with Crippen molar-refractivity contribution in [3.8, 4) is 11.1 Å². The Bertz CT molecular complexity index is 1250. The van der Waals surface area contributed by atoms with Crippen LogP contribution in [-0.2, 0) is 0 Å². The van der Waals surface area contributed by atoms with Crippen molar-refractivity contribution in [2.24, 2.45) is 0 Å². The second kappa shape index (κ2) is 4.70. The molecule has 3 aliphatic rings. The lowest BCUT2D eigenvalue weighted by molar-refractivity contribution is 1.32. The van der Waals surface area contributed by atoms with Crippen LogP contribution < -0.4 is 10.4 Å². The molecule has 0 bridgehead atoms. The molecule has 6 rings (SSSR count). The monoisotopic (exact) mass is 316 g/mol. The van der Waals surface area contributed by atoms with Crippen molar-refractivity contribution >= 4 is 22.8 Å².